The first-order valence-electron chi connectivity index (χ1n) is 9.83. The van der Waals surface area contributed by atoms with Crippen LogP contribution in [0.25, 0.3) is 0 Å². The summed E-state index contributed by atoms with van der Waals surface area (Å²) >= 11 is 0. The third-order valence-corrected chi connectivity index (χ3v) is 4.70. The molecule has 0 aliphatic carbocycles. The van der Waals surface area contributed by atoms with Crippen LogP contribution in [0, 0.1) is 0 Å². The molecular weight excluding hydrogens is 382 g/mol. The molecule has 0 radical (unpaired) electrons. The van der Waals surface area contributed by atoms with Crippen LogP contribution in [-0.4, -0.2) is 42.2 Å². The molecule has 1 heterocycles. The molecule has 3 aromatic rings. The number of hydrogen-bond acceptors (Lipinski definition) is 6. The highest BCUT2D eigenvalue weighted by atomic mass is 16.5. The van der Waals surface area contributed by atoms with E-state index in [1.807, 2.05) is 36.4 Å². The zero-order chi connectivity index (χ0) is 21.3. The Labute approximate surface area is 176 Å². The Balaban J connectivity index is 1.64. The van der Waals surface area contributed by atoms with Gasteiger partial charge in [-0.15, -0.1) is 0 Å². The van der Waals surface area contributed by atoms with Crippen molar-refractivity contribution < 1.29 is 23.8 Å². The fourth-order valence-electron chi connectivity index (χ4n) is 3.23. The number of ether oxygens (including phenoxy) is 2. The van der Waals surface area contributed by atoms with Gasteiger partial charge >= 0.3 is 0 Å². The number of ketones is 1. The Morgan fingerprint density at radius 1 is 1.10 bits per heavy atom. The van der Waals surface area contributed by atoms with E-state index in [-0.39, 0.29) is 12.4 Å². The molecule has 0 aliphatic heterocycles. The second-order valence-electron chi connectivity index (χ2n) is 7.11. The standard InChI is InChI=1S/C24H27NO5/c1-18(26)19-8-5-9-22(13-19)30-17-21(27)15-25(16-23-10-6-12-29-23)14-20-7-3-4-11-24(20)28-2/h3-13,21,27H,14-17H2,1-2H3. The lowest BCUT2D eigenvalue weighted by Crippen LogP contribution is -2.35. The van der Waals surface area contributed by atoms with Crippen LogP contribution in [0.1, 0.15) is 28.6 Å². The van der Waals surface area contributed by atoms with E-state index in [1.165, 1.54) is 6.92 Å². The van der Waals surface area contributed by atoms with Gasteiger partial charge in [0, 0.05) is 24.2 Å². The average Bonchev–Trinajstić information content (AvgIpc) is 3.26. The van der Waals surface area contributed by atoms with Gasteiger partial charge in [-0.1, -0.05) is 30.3 Å². The minimum absolute atomic E-state index is 0.0255. The molecule has 0 saturated carbocycles. The van der Waals surface area contributed by atoms with E-state index in [9.17, 15) is 9.90 Å². The van der Waals surface area contributed by atoms with Gasteiger partial charge in [-0.25, -0.2) is 0 Å². The normalized spacial score (nSPS) is 12.0. The highest BCUT2D eigenvalue weighted by Gasteiger charge is 2.17. The van der Waals surface area contributed by atoms with E-state index in [0.29, 0.717) is 30.9 Å². The van der Waals surface area contributed by atoms with Crippen molar-refractivity contribution in [1.29, 1.82) is 0 Å². The van der Waals surface area contributed by atoms with Crippen LogP contribution in [-0.2, 0) is 13.1 Å². The van der Waals surface area contributed by atoms with Crippen molar-refractivity contribution >= 4 is 5.78 Å². The van der Waals surface area contributed by atoms with E-state index >= 15 is 0 Å². The number of carbonyl (C=O) groups is 1. The van der Waals surface area contributed by atoms with E-state index in [0.717, 1.165) is 17.1 Å². The zero-order valence-corrected chi connectivity index (χ0v) is 17.3. The van der Waals surface area contributed by atoms with Crippen molar-refractivity contribution in [3.63, 3.8) is 0 Å². The van der Waals surface area contributed by atoms with Gasteiger partial charge in [-0.05, 0) is 37.3 Å². The van der Waals surface area contributed by atoms with Crippen molar-refractivity contribution in [2.45, 2.75) is 26.1 Å². The number of aliphatic hydroxyl groups excluding tert-OH is 1. The molecule has 6 nitrogen and oxygen atoms in total. The second-order valence-corrected chi connectivity index (χ2v) is 7.11. The van der Waals surface area contributed by atoms with Crippen LogP contribution < -0.4 is 9.47 Å². The fraction of sp³-hybridized carbons (Fsp3) is 0.292. The molecule has 158 valence electrons. The summed E-state index contributed by atoms with van der Waals surface area (Å²) in [6, 6.07) is 18.5. The summed E-state index contributed by atoms with van der Waals surface area (Å²) in [6.45, 7) is 3.13. The zero-order valence-electron chi connectivity index (χ0n) is 17.3. The largest absolute Gasteiger partial charge is 0.496 e. The number of benzene rings is 2. The summed E-state index contributed by atoms with van der Waals surface area (Å²) in [5.74, 6) is 2.15. The molecule has 1 atom stereocenters. The van der Waals surface area contributed by atoms with Gasteiger partial charge in [0.1, 0.15) is 30.0 Å². The van der Waals surface area contributed by atoms with Gasteiger partial charge in [-0.3, -0.25) is 9.69 Å². The van der Waals surface area contributed by atoms with Crippen LogP contribution in [0.2, 0.25) is 0 Å². The van der Waals surface area contributed by atoms with Gasteiger partial charge in [0.05, 0.1) is 19.9 Å². The molecule has 2 aromatic carbocycles. The molecule has 0 spiro atoms. The molecule has 0 fully saturated rings. The summed E-state index contributed by atoms with van der Waals surface area (Å²) in [4.78, 5) is 13.6. The predicted octanol–water partition coefficient (Wildman–Crippen LogP) is 3.93. The van der Waals surface area contributed by atoms with Gasteiger partial charge in [0.15, 0.2) is 5.78 Å². The monoisotopic (exact) mass is 409 g/mol. The molecule has 6 heteroatoms. The molecule has 0 aliphatic rings. The van der Waals surface area contributed by atoms with Crippen molar-refractivity contribution in [3.8, 4) is 11.5 Å². The molecule has 0 amide bonds. The van der Waals surface area contributed by atoms with Crippen molar-refractivity contribution in [3.05, 3.63) is 83.8 Å². The summed E-state index contributed by atoms with van der Waals surface area (Å²) in [6.07, 6.45) is 0.911. The summed E-state index contributed by atoms with van der Waals surface area (Å²) in [5.41, 5.74) is 1.60. The number of nitrogens with zero attached hydrogens (tertiary/aromatic N) is 1. The van der Waals surface area contributed by atoms with Gasteiger partial charge in [-0.2, -0.15) is 0 Å². The number of furan rings is 1. The molecule has 1 N–H and O–H groups in total. The number of Topliss-reactive ketones (excluding diaryl/α,β-unsaturated/α-hetero) is 1. The molecule has 30 heavy (non-hydrogen) atoms. The maximum atomic E-state index is 11.5. The maximum Gasteiger partial charge on any atom is 0.159 e. The van der Waals surface area contributed by atoms with Gasteiger partial charge in [0.2, 0.25) is 0 Å². The number of hydrogen-bond donors (Lipinski definition) is 1. The number of aliphatic hydroxyl groups is 1. The predicted molar refractivity (Wildman–Crippen MR) is 114 cm³/mol. The number of carbonyl (C=O) groups excluding carboxylic acids is 1. The Morgan fingerprint density at radius 3 is 2.67 bits per heavy atom. The first-order chi connectivity index (χ1) is 14.5. The lowest BCUT2D eigenvalue weighted by molar-refractivity contribution is 0.0601. The van der Waals surface area contributed by atoms with Crippen LogP contribution in [0.4, 0.5) is 0 Å². The van der Waals surface area contributed by atoms with Crippen molar-refractivity contribution in [1.82, 2.24) is 4.90 Å². The Kier molecular flexibility index (Phi) is 7.65. The second kappa shape index (κ2) is 10.6. The quantitative estimate of drug-likeness (QED) is 0.484. The first-order valence-corrected chi connectivity index (χ1v) is 9.83. The summed E-state index contributed by atoms with van der Waals surface area (Å²) in [7, 11) is 1.65. The number of methoxy groups -OCH3 is 1. The minimum atomic E-state index is -0.726. The van der Waals surface area contributed by atoms with E-state index in [2.05, 4.69) is 4.90 Å². The topological polar surface area (TPSA) is 72.1 Å². The highest BCUT2D eigenvalue weighted by Crippen LogP contribution is 2.21. The summed E-state index contributed by atoms with van der Waals surface area (Å²) < 4.78 is 16.7. The Hall–Kier alpha value is -3.09. The van der Waals surface area contributed by atoms with Crippen LogP contribution in [0.3, 0.4) is 0 Å². The Bertz CT molecular complexity index is 938. The van der Waals surface area contributed by atoms with E-state index < -0.39 is 6.10 Å². The van der Waals surface area contributed by atoms with Crippen molar-refractivity contribution in [2.75, 3.05) is 20.3 Å². The minimum Gasteiger partial charge on any atom is -0.496 e. The lowest BCUT2D eigenvalue weighted by atomic mass is 10.1. The number of rotatable bonds is 11. The van der Waals surface area contributed by atoms with Crippen LogP contribution in [0.15, 0.2) is 71.3 Å². The molecule has 1 aromatic heterocycles. The van der Waals surface area contributed by atoms with Crippen LogP contribution >= 0.6 is 0 Å². The molecule has 3 rings (SSSR count). The maximum absolute atomic E-state index is 11.5. The lowest BCUT2D eigenvalue weighted by Gasteiger charge is -2.25. The average molecular weight is 409 g/mol. The fourth-order valence-corrected chi connectivity index (χ4v) is 3.23. The van der Waals surface area contributed by atoms with E-state index in [1.54, 1.807) is 37.6 Å². The molecule has 0 bridgehead atoms. The third-order valence-electron chi connectivity index (χ3n) is 4.70. The number of para-hydroxylation sites is 1. The molecule has 1 unspecified atom stereocenters. The molecular formula is C24H27NO5. The highest BCUT2D eigenvalue weighted by molar-refractivity contribution is 5.94. The van der Waals surface area contributed by atoms with Gasteiger partial charge < -0.3 is 19.0 Å². The molecule has 0 saturated heterocycles. The van der Waals surface area contributed by atoms with Gasteiger partial charge in [0.25, 0.3) is 0 Å². The smallest absolute Gasteiger partial charge is 0.159 e. The third kappa shape index (κ3) is 6.20. The van der Waals surface area contributed by atoms with Crippen molar-refractivity contribution in [2.24, 2.45) is 0 Å². The van der Waals surface area contributed by atoms with E-state index in [4.69, 9.17) is 13.9 Å². The van der Waals surface area contributed by atoms with Crippen LogP contribution in [0.5, 0.6) is 11.5 Å². The Morgan fingerprint density at radius 2 is 1.93 bits per heavy atom. The first kappa shape index (κ1) is 21.6. The summed E-state index contributed by atoms with van der Waals surface area (Å²) in [5, 5.41) is 10.6. The SMILES string of the molecule is COc1ccccc1CN(Cc1ccco1)CC(O)COc1cccc(C(C)=O)c1.